The van der Waals surface area contributed by atoms with Crippen molar-refractivity contribution in [2.24, 2.45) is 5.92 Å². The van der Waals surface area contributed by atoms with Crippen LogP contribution in [-0.2, 0) is 6.61 Å². The fourth-order valence-corrected chi connectivity index (χ4v) is 1.78. The van der Waals surface area contributed by atoms with E-state index in [0.29, 0.717) is 11.7 Å². The van der Waals surface area contributed by atoms with Gasteiger partial charge in [0.25, 0.3) is 0 Å². The molecule has 0 spiro atoms. The van der Waals surface area contributed by atoms with Gasteiger partial charge in [0.1, 0.15) is 5.75 Å². The van der Waals surface area contributed by atoms with E-state index in [1.807, 2.05) is 0 Å². The zero-order valence-electron chi connectivity index (χ0n) is 10.9. The van der Waals surface area contributed by atoms with Crippen molar-refractivity contribution in [3.8, 4) is 5.75 Å². The number of nitrogens with zero attached hydrogens (tertiary/aromatic N) is 1. The third-order valence-electron chi connectivity index (χ3n) is 3.06. The maximum Gasteiger partial charge on any atom is 0.143 e. The second-order valence-corrected chi connectivity index (χ2v) is 4.37. The van der Waals surface area contributed by atoms with Crippen molar-refractivity contribution in [3.63, 3.8) is 0 Å². The molecule has 0 fully saturated rings. The van der Waals surface area contributed by atoms with Crippen LogP contribution in [0.15, 0.2) is 18.5 Å². The lowest BCUT2D eigenvalue weighted by atomic mass is 10.0. The predicted molar refractivity (Wildman–Crippen MR) is 69.0 cm³/mol. The standard InChI is InChI=1S/C14H23NO2/c1-3-5-6-12(4-2)11-17-14-9-15-8-7-13(14)10-16/h7-9,12,16H,3-6,10-11H2,1-2H3. The molecule has 1 unspecified atom stereocenters. The van der Waals surface area contributed by atoms with Crippen LogP contribution in [0.3, 0.4) is 0 Å². The summed E-state index contributed by atoms with van der Waals surface area (Å²) in [6, 6.07) is 1.79. The topological polar surface area (TPSA) is 42.4 Å². The zero-order chi connectivity index (χ0) is 12.5. The summed E-state index contributed by atoms with van der Waals surface area (Å²) in [5.41, 5.74) is 0.811. The van der Waals surface area contributed by atoms with Crippen LogP contribution >= 0.6 is 0 Å². The largest absolute Gasteiger partial charge is 0.491 e. The van der Waals surface area contributed by atoms with Gasteiger partial charge in [-0.1, -0.05) is 33.1 Å². The van der Waals surface area contributed by atoms with Crippen LogP contribution in [0.4, 0.5) is 0 Å². The van der Waals surface area contributed by atoms with Gasteiger partial charge in [0, 0.05) is 11.8 Å². The lowest BCUT2D eigenvalue weighted by molar-refractivity contribution is 0.220. The SMILES string of the molecule is CCCCC(CC)COc1cnccc1CO. The predicted octanol–water partition coefficient (Wildman–Crippen LogP) is 3.17. The number of rotatable bonds is 8. The summed E-state index contributed by atoms with van der Waals surface area (Å²) >= 11 is 0. The molecule has 0 amide bonds. The highest BCUT2D eigenvalue weighted by Crippen LogP contribution is 2.19. The lowest BCUT2D eigenvalue weighted by Gasteiger charge is -2.16. The minimum Gasteiger partial charge on any atom is -0.491 e. The molecule has 0 bridgehead atoms. The highest BCUT2D eigenvalue weighted by molar-refractivity contribution is 5.28. The van der Waals surface area contributed by atoms with Gasteiger partial charge in [0.05, 0.1) is 19.4 Å². The summed E-state index contributed by atoms with van der Waals surface area (Å²) in [5.74, 6) is 1.31. The average molecular weight is 237 g/mol. The van der Waals surface area contributed by atoms with E-state index >= 15 is 0 Å². The summed E-state index contributed by atoms with van der Waals surface area (Å²) in [6.45, 7) is 5.12. The number of hydrogen-bond donors (Lipinski definition) is 1. The normalized spacial score (nSPS) is 12.4. The molecule has 3 nitrogen and oxygen atoms in total. The van der Waals surface area contributed by atoms with E-state index in [0.717, 1.165) is 18.6 Å². The smallest absolute Gasteiger partial charge is 0.143 e. The molecule has 0 saturated carbocycles. The molecule has 0 aliphatic carbocycles. The van der Waals surface area contributed by atoms with Crippen molar-refractivity contribution in [3.05, 3.63) is 24.0 Å². The quantitative estimate of drug-likeness (QED) is 0.755. The van der Waals surface area contributed by atoms with Crippen molar-refractivity contribution < 1.29 is 9.84 Å². The summed E-state index contributed by atoms with van der Waals surface area (Å²) in [4.78, 5) is 4.02. The van der Waals surface area contributed by atoms with E-state index in [4.69, 9.17) is 4.74 Å². The minimum absolute atomic E-state index is 0.00358. The van der Waals surface area contributed by atoms with Crippen LogP contribution in [-0.4, -0.2) is 16.7 Å². The van der Waals surface area contributed by atoms with Crippen LogP contribution in [0.25, 0.3) is 0 Å². The number of aliphatic hydroxyl groups is 1. The Kier molecular flexibility index (Phi) is 6.63. The minimum atomic E-state index is 0.00358. The lowest BCUT2D eigenvalue weighted by Crippen LogP contribution is -2.12. The van der Waals surface area contributed by atoms with E-state index in [-0.39, 0.29) is 6.61 Å². The molecule has 1 aromatic rings. The average Bonchev–Trinajstić information content (AvgIpc) is 2.39. The molecule has 1 N–H and O–H groups in total. The van der Waals surface area contributed by atoms with Crippen LogP contribution in [0, 0.1) is 5.92 Å². The first-order valence-corrected chi connectivity index (χ1v) is 6.48. The third-order valence-corrected chi connectivity index (χ3v) is 3.06. The number of aromatic nitrogens is 1. The molecule has 0 aliphatic heterocycles. The van der Waals surface area contributed by atoms with E-state index in [2.05, 4.69) is 18.8 Å². The second kappa shape index (κ2) is 8.07. The Morgan fingerprint density at radius 2 is 2.24 bits per heavy atom. The van der Waals surface area contributed by atoms with E-state index in [1.54, 1.807) is 18.5 Å². The summed E-state index contributed by atoms with van der Waals surface area (Å²) in [7, 11) is 0. The molecule has 1 aromatic heterocycles. The van der Waals surface area contributed by atoms with Gasteiger partial charge in [0.2, 0.25) is 0 Å². The molecule has 1 heterocycles. The fraction of sp³-hybridized carbons (Fsp3) is 0.643. The highest BCUT2D eigenvalue weighted by atomic mass is 16.5. The first-order chi connectivity index (χ1) is 8.31. The van der Waals surface area contributed by atoms with E-state index in [1.165, 1.54) is 19.3 Å². The highest BCUT2D eigenvalue weighted by Gasteiger charge is 2.08. The molecule has 0 aliphatic rings. The molecular formula is C14H23NO2. The van der Waals surface area contributed by atoms with E-state index in [9.17, 15) is 5.11 Å². The maximum absolute atomic E-state index is 9.17. The molecular weight excluding hydrogens is 214 g/mol. The van der Waals surface area contributed by atoms with Gasteiger partial charge in [-0.05, 0) is 18.4 Å². The van der Waals surface area contributed by atoms with Crippen LogP contribution in [0.5, 0.6) is 5.75 Å². The second-order valence-electron chi connectivity index (χ2n) is 4.37. The summed E-state index contributed by atoms with van der Waals surface area (Å²) in [6.07, 6.45) is 8.17. The van der Waals surface area contributed by atoms with Gasteiger partial charge in [-0.2, -0.15) is 0 Å². The first-order valence-electron chi connectivity index (χ1n) is 6.48. The van der Waals surface area contributed by atoms with Gasteiger partial charge < -0.3 is 9.84 Å². The monoisotopic (exact) mass is 237 g/mol. The Labute approximate surface area is 104 Å². The molecule has 1 rings (SSSR count). The van der Waals surface area contributed by atoms with Crippen molar-refractivity contribution in [2.75, 3.05) is 6.61 Å². The molecule has 3 heteroatoms. The Morgan fingerprint density at radius 3 is 2.88 bits per heavy atom. The molecule has 0 aromatic carbocycles. The Morgan fingerprint density at radius 1 is 1.41 bits per heavy atom. The summed E-state index contributed by atoms with van der Waals surface area (Å²) < 4.78 is 5.76. The Bertz CT molecular complexity index is 315. The molecule has 0 radical (unpaired) electrons. The van der Waals surface area contributed by atoms with Crippen LogP contribution < -0.4 is 4.74 Å². The molecule has 96 valence electrons. The summed E-state index contributed by atoms with van der Waals surface area (Å²) in [5, 5.41) is 9.17. The van der Waals surface area contributed by atoms with Gasteiger partial charge in [0.15, 0.2) is 0 Å². The third kappa shape index (κ3) is 4.73. The maximum atomic E-state index is 9.17. The van der Waals surface area contributed by atoms with Gasteiger partial charge >= 0.3 is 0 Å². The fourth-order valence-electron chi connectivity index (χ4n) is 1.78. The number of ether oxygens (including phenoxy) is 1. The zero-order valence-corrected chi connectivity index (χ0v) is 10.9. The van der Waals surface area contributed by atoms with Crippen molar-refractivity contribution in [2.45, 2.75) is 46.1 Å². The van der Waals surface area contributed by atoms with Crippen molar-refractivity contribution in [1.29, 1.82) is 0 Å². The molecule has 1 atom stereocenters. The van der Waals surface area contributed by atoms with Crippen LogP contribution in [0.2, 0.25) is 0 Å². The van der Waals surface area contributed by atoms with Gasteiger partial charge in [-0.3, -0.25) is 4.98 Å². The van der Waals surface area contributed by atoms with Crippen molar-refractivity contribution in [1.82, 2.24) is 4.98 Å². The number of aliphatic hydroxyl groups excluding tert-OH is 1. The molecule has 0 saturated heterocycles. The number of unbranched alkanes of at least 4 members (excludes halogenated alkanes) is 1. The van der Waals surface area contributed by atoms with Crippen molar-refractivity contribution >= 4 is 0 Å². The Balaban J connectivity index is 2.47. The van der Waals surface area contributed by atoms with Crippen LogP contribution in [0.1, 0.15) is 45.1 Å². The van der Waals surface area contributed by atoms with Gasteiger partial charge in [-0.25, -0.2) is 0 Å². The van der Waals surface area contributed by atoms with E-state index < -0.39 is 0 Å². The number of pyridine rings is 1. The number of hydrogen-bond acceptors (Lipinski definition) is 3. The Hall–Kier alpha value is -1.09. The first kappa shape index (κ1) is 14.0. The van der Waals surface area contributed by atoms with Gasteiger partial charge in [-0.15, -0.1) is 0 Å². The molecule has 17 heavy (non-hydrogen) atoms.